The second kappa shape index (κ2) is 6.06. The summed E-state index contributed by atoms with van der Waals surface area (Å²) in [7, 11) is 0. The lowest BCUT2D eigenvalue weighted by Gasteiger charge is -2.06. The van der Waals surface area contributed by atoms with Gasteiger partial charge in [0.15, 0.2) is 10.7 Å². The highest BCUT2D eigenvalue weighted by Gasteiger charge is 2.08. The molecule has 0 aliphatic heterocycles. The number of nitrogens with one attached hydrogen (secondary N) is 3. The van der Waals surface area contributed by atoms with E-state index in [1.54, 1.807) is 42.5 Å². The predicted molar refractivity (Wildman–Crippen MR) is 74.3 cm³/mol. The molecule has 0 aliphatic rings. The maximum atomic E-state index is 11.8. The number of urea groups is 1. The number of carbonyl (C=O) groups is 1. The van der Waals surface area contributed by atoms with Gasteiger partial charge in [-0.2, -0.15) is 0 Å². The van der Waals surface area contributed by atoms with Crippen LogP contribution in [0, 0.1) is 5.39 Å². The zero-order valence-corrected chi connectivity index (χ0v) is 10.4. The third-order valence-corrected chi connectivity index (χ3v) is 2.47. The van der Waals surface area contributed by atoms with Gasteiger partial charge in [-0.15, -0.1) is 0 Å². The van der Waals surface area contributed by atoms with Crippen molar-refractivity contribution in [1.82, 2.24) is 0 Å². The third-order valence-electron chi connectivity index (χ3n) is 2.47. The van der Waals surface area contributed by atoms with E-state index in [0.29, 0.717) is 22.7 Å². The van der Waals surface area contributed by atoms with Crippen molar-refractivity contribution in [3.8, 4) is 0 Å². The average molecular weight is 267 g/mol. The Bertz CT molecular complexity index is 691. The molecule has 0 spiro atoms. The van der Waals surface area contributed by atoms with Gasteiger partial charge in [-0.25, -0.2) is 4.79 Å². The van der Waals surface area contributed by atoms with E-state index in [1.807, 2.05) is 5.11 Å². The van der Waals surface area contributed by atoms with Crippen molar-refractivity contribution in [1.29, 1.82) is 5.39 Å². The Hall–Kier alpha value is -3.27. The monoisotopic (exact) mass is 267 g/mol. The van der Waals surface area contributed by atoms with Crippen molar-refractivity contribution >= 4 is 28.8 Å². The maximum Gasteiger partial charge on any atom is 0.387 e. The third kappa shape index (κ3) is 3.36. The molecule has 98 valence electrons. The molecule has 0 atom stereocenters. The van der Waals surface area contributed by atoms with Gasteiger partial charge in [-0.1, -0.05) is 12.1 Å². The van der Waals surface area contributed by atoms with Gasteiger partial charge in [0.1, 0.15) is 0 Å². The molecular formula is C13H11N6O+. The summed E-state index contributed by atoms with van der Waals surface area (Å²) in [6.07, 6.45) is 0. The zero-order valence-electron chi connectivity index (χ0n) is 10.4. The van der Waals surface area contributed by atoms with Crippen LogP contribution in [0.15, 0.2) is 48.5 Å². The first-order valence-electron chi connectivity index (χ1n) is 5.74. The molecule has 3 N–H and O–H groups in total. The molecule has 0 aliphatic carbocycles. The lowest BCUT2D eigenvalue weighted by molar-refractivity contribution is -0.379. The Balaban J connectivity index is 2.05. The number of rotatable bonds is 3. The number of carbonyl (C=O) groups excluding carboxylic acids is 1. The van der Waals surface area contributed by atoms with Gasteiger partial charge in [0.05, 0.1) is 11.8 Å². The molecule has 20 heavy (non-hydrogen) atoms. The van der Waals surface area contributed by atoms with E-state index in [1.165, 1.54) is 6.07 Å². The van der Waals surface area contributed by atoms with Gasteiger partial charge < -0.3 is 16.2 Å². The summed E-state index contributed by atoms with van der Waals surface area (Å²) in [4.78, 5) is 14.8. The summed E-state index contributed by atoms with van der Waals surface area (Å²) in [6.45, 7) is 0. The van der Waals surface area contributed by atoms with Gasteiger partial charge >= 0.3 is 11.7 Å². The standard InChI is InChI=1S/C13H10N6O/c14-18-11-5-1-3-9(7-11)16-13(20)17-10-4-2-6-12(8-10)19-15/h1-8,18H,(H-,16,17,20)/p+1. The summed E-state index contributed by atoms with van der Waals surface area (Å²) in [5, 5.41) is 15.9. The highest BCUT2D eigenvalue weighted by Crippen LogP contribution is 2.18. The first-order chi connectivity index (χ1) is 9.71. The van der Waals surface area contributed by atoms with E-state index < -0.39 is 6.03 Å². The van der Waals surface area contributed by atoms with E-state index >= 15 is 0 Å². The van der Waals surface area contributed by atoms with Crippen molar-refractivity contribution < 1.29 is 9.91 Å². The molecule has 2 amide bonds. The molecule has 0 fully saturated rings. The van der Waals surface area contributed by atoms with Gasteiger partial charge in [0.2, 0.25) is 5.39 Å². The van der Waals surface area contributed by atoms with Crippen LogP contribution < -0.4 is 15.7 Å². The van der Waals surface area contributed by atoms with Crippen molar-refractivity contribution in [2.75, 3.05) is 10.6 Å². The predicted octanol–water partition coefficient (Wildman–Crippen LogP) is 2.55. The fourth-order valence-corrected chi connectivity index (χ4v) is 1.61. The molecule has 7 nitrogen and oxygen atoms in total. The van der Waals surface area contributed by atoms with Crippen LogP contribution in [0.3, 0.4) is 0 Å². The van der Waals surface area contributed by atoms with Crippen LogP contribution in [-0.4, -0.2) is 6.03 Å². The normalized spacial score (nSPS) is 9.35. The molecule has 0 heterocycles. The molecular weight excluding hydrogens is 256 g/mol. The van der Waals surface area contributed by atoms with Crippen molar-refractivity contribution in [2.24, 2.45) is 0 Å². The molecule has 2 rings (SSSR count). The van der Waals surface area contributed by atoms with Crippen LogP contribution in [0.2, 0.25) is 0 Å². The Morgan fingerprint density at radius 1 is 1.10 bits per heavy atom. The highest BCUT2D eigenvalue weighted by molar-refractivity contribution is 6.00. The molecule has 0 saturated heterocycles. The molecule has 0 saturated carbocycles. The van der Waals surface area contributed by atoms with Gasteiger partial charge in [-0.3, -0.25) is 5.11 Å². The van der Waals surface area contributed by atoms with Crippen LogP contribution >= 0.6 is 0 Å². The van der Waals surface area contributed by atoms with Crippen LogP contribution in [-0.2, 0) is 0 Å². The van der Waals surface area contributed by atoms with E-state index in [2.05, 4.69) is 15.6 Å². The van der Waals surface area contributed by atoms with E-state index in [4.69, 9.17) is 10.9 Å². The second-order valence-corrected chi connectivity index (χ2v) is 3.92. The fourth-order valence-electron chi connectivity index (χ4n) is 1.61. The smallest absolute Gasteiger partial charge is 0.387 e. The Morgan fingerprint density at radius 2 is 1.75 bits per heavy atom. The minimum absolute atomic E-state index is 0.342. The van der Waals surface area contributed by atoms with E-state index in [-0.39, 0.29) is 0 Å². The molecule has 0 aromatic heterocycles. The lowest BCUT2D eigenvalue weighted by atomic mass is 10.3. The Morgan fingerprint density at radius 3 is 2.40 bits per heavy atom. The first kappa shape index (κ1) is 13.2. The van der Waals surface area contributed by atoms with Gasteiger partial charge in [0, 0.05) is 23.9 Å². The van der Waals surface area contributed by atoms with Gasteiger partial charge in [0.25, 0.3) is 0 Å². The quantitative estimate of drug-likeness (QED) is 0.587. The van der Waals surface area contributed by atoms with Crippen molar-refractivity contribution in [2.45, 2.75) is 0 Å². The summed E-state index contributed by atoms with van der Waals surface area (Å²) < 4.78 is 0. The fraction of sp³-hybridized carbons (Fsp3) is 0. The van der Waals surface area contributed by atoms with Crippen molar-refractivity contribution in [3.63, 3.8) is 0 Å². The van der Waals surface area contributed by atoms with Crippen LogP contribution in [0.5, 0.6) is 0 Å². The summed E-state index contributed by atoms with van der Waals surface area (Å²) >= 11 is 0. The number of benzene rings is 2. The maximum absolute atomic E-state index is 11.8. The second-order valence-electron chi connectivity index (χ2n) is 3.92. The number of hydrogen-bond donors (Lipinski definition) is 3. The highest BCUT2D eigenvalue weighted by atomic mass is 16.2. The first-order valence-corrected chi connectivity index (χ1v) is 5.74. The minimum atomic E-state index is -0.449. The van der Waals surface area contributed by atoms with Crippen LogP contribution in [0.25, 0.3) is 10.5 Å². The van der Waals surface area contributed by atoms with E-state index in [9.17, 15) is 4.79 Å². The summed E-state index contributed by atoms with van der Waals surface area (Å²) in [5.41, 5.74) is 10.6. The molecule has 0 bridgehead atoms. The van der Waals surface area contributed by atoms with Gasteiger partial charge in [-0.05, 0) is 12.1 Å². The SMILES string of the molecule is N#[N+]c1cccc(NC(=O)Nc2cccc([NH+]=[N-])c2)c1. The zero-order chi connectivity index (χ0) is 14.4. The average Bonchev–Trinajstić information content (AvgIpc) is 2.47. The Kier molecular flexibility index (Phi) is 3.99. The lowest BCUT2D eigenvalue weighted by Crippen LogP contribution is -2.54. The number of nitrogens with zero attached hydrogens (tertiary/aromatic N) is 3. The summed E-state index contributed by atoms with van der Waals surface area (Å²) in [5.74, 6) is 0. The van der Waals surface area contributed by atoms with Crippen LogP contribution in [0.1, 0.15) is 0 Å². The van der Waals surface area contributed by atoms with Crippen LogP contribution in [0.4, 0.5) is 27.5 Å². The molecule has 0 radical (unpaired) electrons. The molecule has 2 aromatic carbocycles. The number of diazo groups is 1. The number of amides is 2. The summed E-state index contributed by atoms with van der Waals surface area (Å²) in [6, 6.07) is 12.6. The van der Waals surface area contributed by atoms with Crippen molar-refractivity contribution in [3.05, 3.63) is 59.0 Å². The van der Waals surface area contributed by atoms with E-state index in [0.717, 1.165) is 0 Å². The Labute approximate surface area is 114 Å². The molecule has 0 unspecified atom stereocenters. The molecule has 2 aromatic rings. The number of anilines is 2. The number of hydrogen-bond acceptors (Lipinski definition) is 2. The minimum Gasteiger partial charge on any atom is -0.502 e. The topological polar surface area (TPSA) is 106 Å². The molecule has 7 heteroatoms. The largest absolute Gasteiger partial charge is 0.502 e.